The zero-order valence-electron chi connectivity index (χ0n) is 16.7. The standard InChI is InChI=1S/C21H30N4OS/c1-5-25-19(17-12-8-6-10-14(17)2)23-24-21(25)27-16(4)20(26)22-18-13-9-7-11-15(18)3/h6,8,10,12,15-16,18H,5,7,9,11,13H2,1-4H3,(H,22,26). The predicted molar refractivity (Wildman–Crippen MR) is 111 cm³/mol. The van der Waals surface area contributed by atoms with Crippen LogP contribution < -0.4 is 5.32 Å². The number of nitrogens with one attached hydrogen (secondary N) is 1. The molecule has 1 heterocycles. The molecule has 1 N–H and O–H groups in total. The summed E-state index contributed by atoms with van der Waals surface area (Å²) >= 11 is 1.49. The maximum absolute atomic E-state index is 12.7. The Hall–Kier alpha value is -1.82. The van der Waals surface area contributed by atoms with Gasteiger partial charge in [-0.25, -0.2) is 0 Å². The van der Waals surface area contributed by atoms with Crippen molar-refractivity contribution >= 4 is 17.7 Å². The average molecular weight is 387 g/mol. The second kappa shape index (κ2) is 8.91. The van der Waals surface area contributed by atoms with Crippen LogP contribution >= 0.6 is 11.8 Å². The van der Waals surface area contributed by atoms with E-state index >= 15 is 0 Å². The lowest BCUT2D eigenvalue weighted by Crippen LogP contribution is -2.44. The van der Waals surface area contributed by atoms with Crippen molar-refractivity contribution in [2.75, 3.05) is 0 Å². The van der Waals surface area contributed by atoms with Crippen LogP contribution in [0.4, 0.5) is 0 Å². The monoisotopic (exact) mass is 386 g/mol. The van der Waals surface area contributed by atoms with Crippen LogP contribution in [0.1, 0.15) is 52.0 Å². The summed E-state index contributed by atoms with van der Waals surface area (Å²) in [5.74, 6) is 1.53. The lowest BCUT2D eigenvalue weighted by molar-refractivity contribution is -0.121. The van der Waals surface area contributed by atoms with Gasteiger partial charge in [0.05, 0.1) is 5.25 Å². The number of hydrogen-bond acceptors (Lipinski definition) is 4. The molecule has 3 unspecified atom stereocenters. The Labute approximate surface area is 166 Å². The van der Waals surface area contributed by atoms with Gasteiger partial charge in [-0.15, -0.1) is 10.2 Å². The van der Waals surface area contributed by atoms with Crippen LogP contribution in [0, 0.1) is 12.8 Å². The Kier molecular flexibility index (Phi) is 6.58. The Morgan fingerprint density at radius 3 is 2.74 bits per heavy atom. The molecule has 0 aliphatic heterocycles. The molecule has 0 radical (unpaired) electrons. The van der Waals surface area contributed by atoms with E-state index in [9.17, 15) is 4.79 Å². The minimum Gasteiger partial charge on any atom is -0.352 e. The van der Waals surface area contributed by atoms with Crippen LogP contribution in [-0.4, -0.2) is 32.0 Å². The second-order valence-corrected chi connectivity index (χ2v) is 8.81. The summed E-state index contributed by atoms with van der Waals surface area (Å²) in [5.41, 5.74) is 2.26. The number of amides is 1. The van der Waals surface area contributed by atoms with Crippen molar-refractivity contribution in [1.82, 2.24) is 20.1 Å². The molecule has 27 heavy (non-hydrogen) atoms. The highest BCUT2D eigenvalue weighted by molar-refractivity contribution is 8.00. The lowest BCUT2D eigenvalue weighted by Gasteiger charge is -2.30. The molecule has 1 fully saturated rings. The maximum Gasteiger partial charge on any atom is 0.233 e. The third-order valence-electron chi connectivity index (χ3n) is 5.51. The molecule has 6 heteroatoms. The lowest BCUT2D eigenvalue weighted by atomic mass is 9.86. The third-order valence-corrected chi connectivity index (χ3v) is 6.59. The van der Waals surface area contributed by atoms with Gasteiger partial charge in [0.2, 0.25) is 5.91 Å². The van der Waals surface area contributed by atoms with Crippen molar-refractivity contribution in [1.29, 1.82) is 0 Å². The van der Waals surface area contributed by atoms with Gasteiger partial charge in [-0.2, -0.15) is 0 Å². The molecule has 2 aromatic rings. The van der Waals surface area contributed by atoms with E-state index in [1.165, 1.54) is 36.6 Å². The first-order valence-electron chi connectivity index (χ1n) is 9.97. The van der Waals surface area contributed by atoms with Gasteiger partial charge in [-0.05, 0) is 45.1 Å². The molecule has 1 aromatic heterocycles. The number of carbonyl (C=O) groups is 1. The van der Waals surface area contributed by atoms with Crippen molar-refractivity contribution in [3.05, 3.63) is 29.8 Å². The SMILES string of the molecule is CCn1c(SC(C)C(=O)NC2CCCCC2C)nnc1-c1ccccc1C. The molecule has 0 bridgehead atoms. The number of rotatable bonds is 6. The molecule has 5 nitrogen and oxygen atoms in total. The van der Waals surface area contributed by atoms with Gasteiger partial charge in [0.25, 0.3) is 0 Å². The number of aromatic nitrogens is 3. The van der Waals surface area contributed by atoms with Crippen LogP contribution in [0.25, 0.3) is 11.4 Å². The van der Waals surface area contributed by atoms with Gasteiger partial charge >= 0.3 is 0 Å². The van der Waals surface area contributed by atoms with E-state index < -0.39 is 0 Å². The van der Waals surface area contributed by atoms with Gasteiger partial charge in [0, 0.05) is 18.2 Å². The van der Waals surface area contributed by atoms with Gasteiger partial charge in [-0.1, -0.05) is 55.8 Å². The molecule has 1 amide bonds. The van der Waals surface area contributed by atoms with Gasteiger partial charge in [0.1, 0.15) is 0 Å². The van der Waals surface area contributed by atoms with Crippen molar-refractivity contribution in [3.63, 3.8) is 0 Å². The first-order valence-corrected chi connectivity index (χ1v) is 10.9. The third kappa shape index (κ3) is 4.54. The van der Waals surface area contributed by atoms with Crippen LogP contribution in [-0.2, 0) is 11.3 Å². The highest BCUT2D eigenvalue weighted by atomic mass is 32.2. The minimum absolute atomic E-state index is 0.0989. The maximum atomic E-state index is 12.7. The van der Waals surface area contributed by atoms with Crippen LogP contribution in [0.5, 0.6) is 0 Å². The Balaban J connectivity index is 1.71. The first-order chi connectivity index (χ1) is 13.0. The first kappa shape index (κ1) is 19.9. The van der Waals surface area contributed by atoms with Crippen molar-refractivity contribution in [2.24, 2.45) is 5.92 Å². The van der Waals surface area contributed by atoms with Crippen molar-refractivity contribution in [3.8, 4) is 11.4 Å². The van der Waals surface area contributed by atoms with E-state index in [0.717, 1.165) is 29.5 Å². The fraction of sp³-hybridized carbons (Fsp3) is 0.571. The zero-order valence-corrected chi connectivity index (χ0v) is 17.6. The second-order valence-electron chi connectivity index (χ2n) is 7.50. The fourth-order valence-corrected chi connectivity index (χ4v) is 4.65. The van der Waals surface area contributed by atoms with E-state index in [1.54, 1.807) is 0 Å². The van der Waals surface area contributed by atoms with Crippen LogP contribution in [0.15, 0.2) is 29.4 Å². The largest absolute Gasteiger partial charge is 0.352 e. The normalized spacial score (nSPS) is 21.0. The van der Waals surface area contributed by atoms with E-state index in [1.807, 2.05) is 19.1 Å². The number of thioether (sulfide) groups is 1. The Bertz CT molecular complexity index is 788. The Morgan fingerprint density at radius 2 is 2.04 bits per heavy atom. The highest BCUT2D eigenvalue weighted by Crippen LogP contribution is 2.29. The summed E-state index contributed by atoms with van der Waals surface area (Å²) in [7, 11) is 0. The van der Waals surface area contributed by atoms with E-state index in [-0.39, 0.29) is 11.2 Å². The van der Waals surface area contributed by atoms with Crippen molar-refractivity contribution in [2.45, 2.75) is 76.4 Å². The predicted octanol–water partition coefficient (Wildman–Crippen LogP) is 4.45. The average Bonchev–Trinajstić information content (AvgIpc) is 3.06. The highest BCUT2D eigenvalue weighted by Gasteiger charge is 2.26. The number of benzene rings is 1. The van der Waals surface area contributed by atoms with Crippen molar-refractivity contribution < 1.29 is 4.79 Å². The molecule has 0 saturated heterocycles. The smallest absolute Gasteiger partial charge is 0.233 e. The van der Waals surface area contributed by atoms with E-state index in [4.69, 9.17) is 0 Å². The minimum atomic E-state index is -0.196. The number of nitrogens with zero attached hydrogens (tertiary/aromatic N) is 3. The zero-order chi connectivity index (χ0) is 19.4. The van der Waals surface area contributed by atoms with Crippen LogP contribution in [0.2, 0.25) is 0 Å². The topological polar surface area (TPSA) is 59.8 Å². The Morgan fingerprint density at radius 1 is 1.30 bits per heavy atom. The summed E-state index contributed by atoms with van der Waals surface area (Å²) in [4.78, 5) is 12.7. The van der Waals surface area contributed by atoms with Gasteiger partial charge in [0.15, 0.2) is 11.0 Å². The van der Waals surface area contributed by atoms with Crippen LogP contribution in [0.3, 0.4) is 0 Å². The molecule has 1 aromatic carbocycles. The number of hydrogen-bond donors (Lipinski definition) is 1. The molecule has 1 aliphatic carbocycles. The molecule has 3 atom stereocenters. The molecular weight excluding hydrogens is 356 g/mol. The number of carbonyl (C=O) groups excluding carboxylic acids is 1. The van der Waals surface area contributed by atoms with Gasteiger partial charge < -0.3 is 9.88 Å². The molecule has 146 valence electrons. The fourth-order valence-electron chi connectivity index (χ4n) is 3.73. The van der Waals surface area contributed by atoms with Gasteiger partial charge in [-0.3, -0.25) is 4.79 Å². The molecule has 1 saturated carbocycles. The molecule has 0 spiro atoms. The summed E-state index contributed by atoms with van der Waals surface area (Å²) in [5, 5.41) is 12.7. The van der Waals surface area contributed by atoms with E-state index in [0.29, 0.717) is 12.0 Å². The van der Waals surface area contributed by atoms with E-state index in [2.05, 4.69) is 53.0 Å². The summed E-state index contributed by atoms with van der Waals surface area (Å²) in [6.07, 6.45) is 4.78. The quantitative estimate of drug-likeness (QED) is 0.745. The summed E-state index contributed by atoms with van der Waals surface area (Å²) in [6.45, 7) is 9.13. The molecular formula is C21H30N4OS. The molecule has 3 rings (SSSR count). The summed E-state index contributed by atoms with van der Waals surface area (Å²) in [6, 6.07) is 8.50. The number of aryl methyl sites for hydroxylation is 1. The molecule has 1 aliphatic rings. The summed E-state index contributed by atoms with van der Waals surface area (Å²) < 4.78 is 2.10.